The van der Waals surface area contributed by atoms with Crippen molar-refractivity contribution in [2.45, 2.75) is 65.0 Å². The van der Waals surface area contributed by atoms with Crippen molar-refractivity contribution >= 4 is 23.6 Å². The van der Waals surface area contributed by atoms with Crippen LogP contribution in [0, 0.1) is 5.41 Å². The minimum atomic E-state index is -0.281. The van der Waals surface area contributed by atoms with Crippen molar-refractivity contribution in [3.63, 3.8) is 0 Å². The third-order valence-corrected chi connectivity index (χ3v) is 3.79. The van der Waals surface area contributed by atoms with Gasteiger partial charge in [-0.15, -0.1) is 0 Å². The standard InChI is InChI=1S/C10H21N3O.C8H10N2S/c1-10(2,3)14-9(12)13-6-4-8(11)5-7-13;1-2-3-8-9-5-4-7(6-11)10-8/h8,12H,4-7,11H2,1-3H3;4-6H,2-3H2,1H3. The van der Waals surface area contributed by atoms with Crippen molar-refractivity contribution < 1.29 is 4.74 Å². The van der Waals surface area contributed by atoms with E-state index in [0.29, 0.717) is 6.04 Å². The SMILES string of the molecule is CC(C)(C)OC(=N)N1CCC(N)CC1.CCCc1nccc(C=S)n1. The molecule has 1 saturated heterocycles. The zero-order valence-corrected chi connectivity index (χ0v) is 16.6. The normalized spacial score (nSPS) is 15.2. The van der Waals surface area contributed by atoms with E-state index < -0.39 is 0 Å². The molecule has 1 aliphatic heterocycles. The van der Waals surface area contributed by atoms with Crippen LogP contribution in [0.2, 0.25) is 0 Å². The summed E-state index contributed by atoms with van der Waals surface area (Å²) in [7, 11) is 0. The van der Waals surface area contributed by atoms with E-state index in [0.717, 1.165) is 50.3 Å². The van der Waals surface area contributed by atoms with Crippen molar-refractivity contribution in [2.24, 2.45) is 5.73 Å². The topological polar surface area (TPSA) is 88.1 Å². The van der Waals surface area contributed by atoms with Crippen LogP contribution in [0.15, 0.2) is 12.3 Å². The van der Waals surface area contributed by atoms with Crippen LogP contribution in [0.4, 0.5) is 0 Å². The number of nitrogens with two attached hydrogens (primary N) is 1. The lowest BCUT2D eigenvalue weighted by Crippen LogP contribution is -2.45. The predicted molar refractivity (Wildman–Crippen MR) is 106 cm³/mol. The van der Waals surface area contributed by atoms with Gasteiger partial charge in [0.1, 0.15) is 11.4 Å². The van der Waals surface area contributed by atoms with Crippen LogP contribution in [0.3, 0.4) is 0 Å². The number of thiocarbonyl (C=S) groups is 1. The second kappa shape index (κ2) is 10.4. The summed E-state index contributed by atoms with van der Waals surface area (Å²) in [5.74, 6) is 0.881. The van der Waals surface area contributed by atoms with E-state index in [4.69, 9.17) is 28.1 Å². The van der Waals surface area contributed by atoms with Crippen molar-refractivity contribution in [1.82, 2.24) is 14.9 Å². The van der Waals surface area contributed by atoms with Crippen LogP contribution in [0.25, 0.3) is 0 Å². The summed E-state index contributed by atoms with van der Waals surface area (Å²) < 4.78 is 5.48. The summed E-state index contributed by atoms with van der Waals surface area (Å²) in [6, 6.07) is 2.39. The highest BCUT2D eigenvalue weighted by Crippen LogP contribution is 2.13. The summed E-state index contributed by atoms with van der Waals surface area (Å²) >= 11 is 4.75. The van der Waals surface area contributed by atoms with Crippen molar-refractivity contribution in [3.8, 4) is 0 Å². The Hall–Kier alpha value is -1.60. The minimum absolute atomic E-state index is 0.281. The van der Waals surface area contributed by atoms with E-state index >= 15 is 0 Å². The van der Waals surface area contributed by atoms with Gasteiger partial charge in [-0.3, -0.25) is 5.41 Å². The van der Waals surface area contributed by atoms with Gasteiger partial charge in [-0.05, 0) is 46.1 Å². The Labute approximate surface area is 156 Å². The highest BCUT2D eigenvalue weighted by atomic mass is 32.1. The average molecular weight is 366 g/mol. The number of hydrogen-bond acceptors (Lipinski definition) is 6. The Morgan fingerprint density at radius 2 is 2.08 bits per heavy atom. The molecule has 0 saturated carbocycles. The van der Waals surface area contributed by atoms with Crippen LogP contribution in [0.1, 0.15) is 58.5 Å². The Morgan fingerprint density at radius 1 is 1.44 bits per heavy atom. The quantitative estimate of drug-likeness (QED) is 0.486. The monoisotopic (exact) mass is 365 g/mol. The molecule has 0 unspecified atom stereocenters. The van der Waals surface area contributed by atoms with Crippen molar-refractivity contribution in [3.05, 3.63) is 23.8 Å². The van der Waals surface area contributed by atoms with Crippen LogP contribution in [0.5, 0.6) is 0 Å². The van der Waals surface area contributed by atoms with Gasteiger partial charge in [-0.1, -0.05) is 19.1 Å². The molecule has 2 heterocycles. The zero-order valence-electron chi connectivity index (χ0n) is 15.8. The first-order valence-electron chi connectivity index (χ1n) is 8.80. The van der Waals surface area contributed by atoms with Gasteiger partial charge in [0.2, 0.25) is 0 Å². The van der Waals surface area contributed by atoms with Gasteiger partial charge in [0.25, 0.3) is 6.02 Å². The van der Waals surface area contributed by atoms with Gasteiger partial charge in [-0.25, -0.2) is 9.97 Å². The lowest BCUT2D eigenvalue weighted by molar-refractivity contribution is 0.0797. The van der Waals surface area contributed by atoms with E-state index in [9.17, 15) is 0 Å². The van der Waals surface area contributed by atoms with Crippen molar-refractivity contribution in [2.75, 3.05) is 13.1 Å². The second-order valence-electron chi connectivity index (χ2n) is 7.11. The van der Waals surface area contributed by atoms with Gasteiger partial charge in [0, 0.05) is 37.1 Å². The molecule has 0 amide bonds. The molecule has 1 aromatic heterocycles. The molecule has 1 aromatic rings. The molecule has 0 atom stereocenters. The maximum Gasteiger partial charge on any atom is 0.284 e. The van der Waals surface area contributed by atoms with E-state index in [1.165, 1.54) is 0 Å². The molecule has 0 bridgehead atoms. The highest BCUT2D eigenvalue weighted by molar-refractivity contribution is 7.79. The fourth-order valence-electron chi connectivity index (χ4n) is 2.28. The molecule has 1 fully saturated rings. The number of nitrogens with zero attached hydrogens (tertiary/aromatic N) is 3. The lowest BCUT2D eigenvalue weighted by Gasteiger charge is -2.34. The first kappa shape index (κ1) is 21.4. The van der Waals surface area contributed by atoms with E-state index in [-0.39, 0.29) is 11.6 Å². The molecule has 0 aromatic carbocycles. The summed E-state index contributed by atoms with van der Waals surface area (Å²) in [6.45, 7) is 9.66. The number of hydrogen-bond donors (Lipinski definition) is 2. The first-order valence-corrected chi connectivity index (χ1v) is 9.27. The summed E-state index contributed by atoms with van der Waals surface area (Å²) in [5, 5.41) is 9.34. The Balaban J connectivity index is 0.000000257. The summed E-state index contributed by atoms with van der Waals surface area (Å²) in [5.41, 5.74) is 6.34. The molecule has 0 aliphatic carbocycles. The number of ether oxygens (including phenoxy) is 1. The fraction of sp³-hybridized carbons (Fsp3) is 0.667. The van der Waals surface area contributed by atoms with E-state index in [1.54, 1.807) is 11.6 Å². The average Bonchev–Trinajstić information content (AvgIpc) is 2.55. The van der Waals surface area contributed by atoms with Crippen molar-refractivity contribution in [1.29, 1.82) is 5.41 Å². The van der Waals surface area contributed by atoms with Gasteiger partial charge >= 0.3 is 0 Å². The van der Waals surface area contributed by atoms with Gasteiger partial charge in [0.05, 0.1) is 5.69 Å². The third kappa shape index (κ3) is 8.88. The molecule has 0 radical (unpaired) electrons. The van der Waals surface area contributed by atoms with Gasteiger partial charge in [-0.2, -0.15) is 0 Å². The van der Waals surface area contributed by atoms with Gasteiger partial charge < -0.3 is 15.4 Å². The Bertz CT molecular complexity index is 551. The van der Waals surface area contributed by atoms with Crippen LogP contribution >= 0.6 is 12.2 Å². The molecule has 7 heteroatoms. The summed E-state index contributed by atoms with van der Waals surface area (Å²) in [6.07, 6.45) is 5.65. The molecule has 25 heavy (non-hydrogen) atoms. The number of aryl methyl sites for hydroxylation is 1. The number of amidine groups is 1. The third-order valence-electron chi connectivity index (χ3n) is 3.55. The van der Waals surface area contributed by atoms with Gasteiger partial charge in [0.15, 0.2) is 0 Å². The van der Waals surface area contributed by atoms with E-state index in [2.05, 4.69) is 16.9 Å². The number of piperidine rings is 1. The lowest BCUT2D eigenvalue weighted by atomic mass is 10.1. The molecule has 6 nitrogen and oxygen atoms in total. The molecular formula is C18H31N5OS. The highest BCUT2D eigenvalue weighted by Gasteiger charge is 2.22. The Morgan fingerprint density at radius 3 is 2.60 bits per heavy atom. The predicted octanol–water partition coefficient (Wildman–Crippen LogP) is 2.94. The van der Waals surface area contributed by atoms with E-state index in [1.807, 2.05) is 31.7 Å². The molecule has 1 aliphatic rings. The smallest absolute Gasteiger partial charge is 0.284 e. The molecular weight excluding hydrogens is 334 g/mol. The number of likely N-dealkylation sites (tertiary alicyclic amines) is 1. The minimum Gasteiger partial charge on any atom is -0.460 e. The molecule has 3 N–H and O–H groups in total. The van der Waals surface area contributed by atoms with Crippen LogP contribution in [-0.4, -0.2) is 51.0 Å². The molecule has 0 spiro atoms. The fourth-order valence-corrected chi connectivity index (χ4v) is 2.41. The molecule has 140 valence electrons. The summed E-state index contributed by atoms with van der Waals surface area (Å²) in [4.78, 5) is 10.3. The number of rotatable bonds is 3. The second-order valence-corrected chi connectivity index (χ2v) is 7.35. The Kier molecular flexibility index (Phi) is 8.92. The molecule has 2 rings (SSSR count). The largest absolute Gasteiger partial charge is 0.460 e. The van der Waals surface area contributed by atoms with Crippen LogP contribution < -0.4 is 5.73 Å². The van der Waals surface area contributed by atoms with Crippen LogP contribution in [-0.2, 0) is 11.2 Å². The first-order chi connectivity index (χ1) is 11.7. The maximum atomic E-state index is 7.77. The number of aromatic nitrogens is 2. The zero-order chi connectivity index (χ0) is 18.9. The number of nitrogens with one attached hydrogen (secondary N) is 1. The maximum absolute atomic E-state index is 7.77.